The molecule has 0 saturated heterocycles. The summed E-state index contributed by atoms with van der Waals surface area (Å²) in [5.74, 6) is 1.35. The van der Waals surface area contributed by atoms with Gasteiger partial charge in [-0.05, 0) is 55.2 Å². The fourth-order valence-electron chi connectivity index (χ4n) is 4.83. The fourth-order valence-corrected chi connectivity index (χ4v) is 5.74. The first-order chi connectivity index (χ1) is 17.6. The number of hydrogen-bond acceptors (Lipinski definition) is 6. The molecule has 0 bridgehead atoms. The predicted molar refractivity (Wildman–Crippen MR) is 141 cm³/mol. The summed E-state index contributed by atoms with van der Waals surface area (Å²) >= 11 is 1.63. The summed E-state index contributed by atoms with van der Waals surface area (Å²) in [6.45, 7) is 1.18. The molecular formula is C28H34N2O5S. The number of aliphatic hydroxyl groups is 1. The third-order valence-electron chi connectivity index (χ3n) is 6.62. The van der Waals surface area contributed by atoms with Crippen molar-refractivity contribution in [1.29, 1.82) is 0 Å². The predicted octanol–water partition coefficient (Wildman–Crippen LogP) is 5.22. The van der Waals surface area contributed by atoms with Gasteiger partial charge in [0.2, 0.25) is 0 Å². The Kier molecular flexibility index (Phi) is 9.44. The molecule has 36 heavy (non-hydrogen) atoms. The first-order valence-electron chi connectivity index (χ1n) is 12.4. The van der Waals surface area contributed by atoms with Gasteiger partial charge in [0, 0.05) is 23.4 Å². The van der Waals surface area contributed by atoms with Gasteiger partial charge in [0.25, 0.3) is 0 Å². The van der Waals surface area contributed by atoms with Crippen molar-refractivity contribution in [3.63, 3.8) is 0 Å². The molecule has 0 atom stereocenters. The summed E-state index contributed by atoms with van der Waals surface area (Å²) in [5, 5.41) is 24.6. The van der Waals surface area contributed by atoms with Gasteiger partial charge >= 0.3 is 5.97 Å². The number of carboxylic acid groups (broad SMARTS) is 1. The number of aliphatic hydroxyl groups excluding tert-OH is 1. The monoisotopic (exact) mass is 510 g/mol. The molecule has 1 aliphatic rings. The second-order valence-electron chi connectivity index (χ2n) is 9.18. The molecule has 0 spiro atoms. The maximum absolute atomic E-state index is 10.7. The van der Waals surface area contributed by atoms with E-state index in [9.17, 15) is 9.90 Å². The zero-order chi connectivity index (χ0) is 25.3. The van der Waals surface area contributed by atoms with Crippen LogP contribution in [0.25, 0.3) is 22.4 Å². The van der Waals surface area contributed by atoms with Crippen molar-refractivity contribution in [1.82, 2.24) is 9.78 Å². The van der Waals surface area contributed by atoms with Crippen LogP contribution in [0.15, 0.2) is 59.6 Å². The van der Waals surface area contributed by atoms with Crippen LogP contribution in [0.4, 0.5) is 0 Å². The third-order valence-corrected chi connectivity index (χ3v) is 7.69. The fraction of sp³-hybridized carbons (Fsp3) is 0.429. The van der Waals surface area contributed by atoms with Gasteiger partial charge in [-0.15, -0.1) is 11.8 Å². The zero-order valence-electron chi connectivity index (χ0n) is 20.6. The summed E-state index contributed by atoms with van der Waals surface area (Å²) < 4.78 is 13.0. The summed E-state index contributed by atoms with van der Waals surface area (Å²) in [5.41, 5.74) is 4.09. The Balaban J connectivity index is 1.62. The molecule has 1 fully saturated rings. The molecule has 2 N–H and O–H groups in total. The van der Waals surface area contributed by atoms with Crippen molar-refractivity contribution in [3.05, 3.63) is 54.6 Å². The number of methoxy groups -OCH3 is 1. The number of thioether (sulfide) groups is 1. The number of benzene rings is 2. The number of ether oxygens (including phenoxy) is 2. The van der Waals surface area contributed by atoms with Crippen molar-refractivity contribution in [3.8, 4) is 28.1 Å². The molecule has 4 rings (SSSR count). The topological polar surface area (TPSA) is 93.8 Å². The van der Waals surface area contributed by atoms with Crippen LogP contribution in [0.1, 0.15) is 25.7 Å². The Hall–Kier alpha value is -2.81. The Bertz CT molecular complexity index is 1130. The second-order valence-corrected chi connectivity index (χ2v) is 10.3. The van der Waals surface area contributed by atoms with Crippen molar-refractivity contribution in [2.45, 2.75) is 37.3 Å². The van der Waals surface area contributed by atoms with Gasteiger partial charge in [0.15, 0.2) is 0 Å². The number of rotatable bonds is 12. The molecule has 0 unspecified atom stereocenters. The largest absolute Gasteiger partial charge is 0.497 e. The van der Waals surface area contributed by atoms with Gasteiger partial charge in [-0.2, -0.15) is 5.10 Å². The molecule has 0 amide bonds. The molecular weight excluding hydrogens is 476 g/mol. The smallest absolute Gasteiger partial charge is 0.329 e. The van der Waals surface area contributed by atoms with Crippen molar-refractivity contribution in [2.75, 3.05) is 32.7 Å². The lowest BCUT2D eigenvalue weighted by Crippen LogP contribution is -2.23. The van der Waals surface area contributed by atoms with Crippen LogP contribution in [0, 0.1) is 11.8 Å². The molecule has 3 aromatic rings. The molecule has 192 valence electrons. The number of hydrogen-bond donors (Lipinski definition) is 2. The van der Waals surface area contributed by atoms with E-state index in [1.807, 2.05) is 36.4 Å². The third kappa shape index (κ3) is 6.69. The van der Waals surface area contributed by atoms with E-state index in [-0.39, 0.29) is 13.2 Å². The number of nitrogens with zero attached hydrogens (tertiary/aromatic N) is 2. The quantitative estimate of drug-likeness (QED) is 0.323. The minimum atomic E-state index is -0.920. The van der Waals surface area contributed by atoms with E-state index in [0.717, 1.165) is 65.4 Å². The van der Waals surface area contributed by atoms with E-state index in [1.54, 1.807) is 18.9 Å². The maximum atomic E-state index is 10.7. The highest BCUT2D eigenvalue weighted by Crippen LogP contribution is 2.41. The van der Waals surface area contributed by atoms with E-state index in [1.165, 1.54) is 0 Å². The lowest BCUT2D eigenvalue weighted by Gasteiger charge is -2.28. The number of carboxylic acids is 1. The Morgan fingerprint density at radius 3 is 2.47 bits per heavy atom. The average molecular weight is 511 g/mol. The van der Waals surface area contributed by atoms with E-state index >= 15 is 0 Å². The van der Waals surface area contributed by atoms with E-state index in [4.69, 9.17) is 19.7 Å². The summed E-state index contributed by atoms with van der Waals surface area (Å²) in [6.07, 6.45) is 4.17. The van der Waals surface area contributed by atoms with Gasteiger partial charge in [0.1, 0.15) is 23.1 Å². The molecule has 1 aromatic heterocycles. The molecule has 8 heteroatoms. The maximum Gasteiger partial charge on any atom is 0.329 e. The first kappa shape index (κ1) is 26.3. The van der Waals surface area contributed by atoms with Gasteiger partial charge in [-0.1, -0.05) is 42.5 Å². The summed E-state index contributed by atoms with van der Waals surface area (Å²) in [7, 11) is 1.67. The Morgan fingerprint density at radius 2 is 1.78 bits per heavy atom. The molecule has 7 nitrogen and oxygen atoms in total. The molecule has 1 heterocycles. The Labute approximate surface area is 216 Å². The SMILES string of the molecule is COc1cccc(-c2c(-c3ccccc3)nn(C[C@H]3CC[C@H](COCC(=O)O)CC3)c2SCCO)c1. The standard InChI is InChI=1S/C28H34N2O5S/c1-34-24-9-5-8-23(16-24)26-27(22-6-3-2-4-7-22)29-30(28(26)36-15-14-31)17-20-10-12-21(13-11-20)18-35-19-25(32)33/h2-9,16,20-21,31H,10-15,17-19H2,1H3,(H,32,33)/t20-,21-. The first-order valence-corrected chi connectivity index (χ1v) is 13.4. The van der Waals surface area contributed by atoms with E-state index in [2.05, 4.69) is 22.9 Å². The lowest BCUT2D eigenvalue weighted by molar-refractivity contribution is -0.142. The molecule has 1 aliphatic carbocycles. The average Bonchev–Trinajstić information content (AvgIpc) is 3.26. The van der Waals surface area contributed by atoms with Crippen LogP contribution in [-0.4, -0.2) is 58.6 Å². The van der Waals surface area contributed by atoms with Crippen LogP contribution in [-0.2, 0) is 16.1 Å². The molecule has 0 radical (unpaired) electrons. The van der Waals surface area contributed by atoms with Gasteiger partial charge in [-0.25, -0.2) is 4.79 Å². The summed E-state index contributed by atoms with van der Waals surface area (Å²) in [6, 6.07) is 18.3. The Morgan fingerprint density at radius 1 is 1.06 bits per heavy atom. The van der Waals surface area contributed by atoms with Gasteiger partial charge in [0.05, 0.1) is 20.3 Å². The molecule has 1 saturated carbocycles. The summed E-state index contributed by atoms with van der Waals surface area (Å²) in [4.78, 5) is 10.7. The minimum absolute atomic E-state index is 0.0928. The van der Waals surface area contributed by atoms with E-state index < -0.39 is 5.97 Å². The highest BCUT2D eigenvalue weighted by Gasteiger charge is 2.26. The normalized spacial score (nSPS) is 17.7. The van der Waals surface area contributed by atoms with Crippen LogP contribution in [0.2, 0.25) is 0 Å². The number of aromatic nitrogens is 2. The number of aliphatic carboxylic acids is 1. The van der Waals surface area contributed by atoms with Crippen LogP contribution in [0.5, 0.6) is 5.75 Å². The van der Waals surface area contributed by atoms with Crippen LogP contribution in [0.3, 0.4) is 0 Å². The van der Waals surface area contributed by atoms with Gasteiger partial charge < -0.3 is 19.7 Å². The second kappa shape index (κ2) is 12.9. The number of carbonyl (C=O) groups is 1. The van der Waals surface area contributed by atoms with Crippen LogP contribution >= 0.6 is 11.8 Å². The van der Waals surface area contributed by atoms with Crippen molar-refractivity contribution in [2.24, 2.45) is 11.8 Å². The van der Waals surface area contributed by atoms with Crippen molar-refractivity contribution < 1.29 is 24.5 Å². The lowest BCUT2D eigenvalue weighted by atomic mass is 9.82. The zero-order valence-corrected chi connectivity index (χ0v) is 21.5. The van der Waals surface area contributed by atoms with Crippen molar-refractivity contribution >= 4 is 17.7 Å². The van der Waals surface area contributed by atoms with Gasteiger partial charge in [-0.3, -0.25) is 4.68 Å². The highest BCUT2D eigenvalue weighted by atomic mass is 32.2. The van der Waals surface area contributed by atoms with Crippen LogP contribution < -0.4 is 4.74 Å². The molecule has 2 aromatic carbocycles. The highest BCUT2D eigenvalue weighted by molar-refractivity contribution is 7.99. The van der Waals surface area contributed by atoms with E-state index in [0.29, 0.717) is 24.2 Å². The molecule has 0 aliphatic heterocycles. The minimum Gasteiger partial charge on any atom is -0.497 e.